The zero-order chi connectivity index (χ0) is 31.6. The molecule has 0 spiro atoms. The average molecular weight is 637 g/mol. The normalized spacial score (nSPS) is 15.7. The van der Waals surface area contributed by atoms with Gasteiger partial charge in [-0.25, -0.2) is 0 Å². The van der Waals surface area contributed by atoms with Gasteiger partial charge in [0.1, 0.15) is 0 Å². The van der Waals surface area contributed by atoms with Gasteiger partial charge in [0.05, 0.1) is 26.9 Å². The lowest BCUT2D eigenvalue weighted by molar-refractivity contribution is -0.0509. The minimum absolute atomic E-state index is 0.0118. The Hall–Kier alpha value is -3.64. The number of hydrogen-bond donors (Lipinski definition) is 0. The average Bonchev–Trinajstić information content (AvgIpc) is 3.15. The number of rotatable bonds is 9. The third-order valence-electron chi connectivity index (χ3n) is 7.37. The summed E-state index contributed by atoms with van der Waals surface area (Å²) in [5, 5.41) is 1.74. The third-order valence-corrected chi connectivity index (χ3v) is 10.8. The van der Waals surface area contributed by atoms with Crippen LogP contribution in [0.2, 0.25) is 0 Å². The van der Waals surface area contributed by atoms with Gasteiger partial charge in [-0.15, -0.1) is 0 Å². The first-order chi connectivity index (χ1) is 20.2. The number of benzene rings is 3. The summed E-state index contributed by atoms with van der Waals surface area (Å²) in [5.74, 6) is -0.474. The molecule has 3 aromatic carbocycles. The van der Waals surface area contributed by atoms with Crippen LogP contribution in [0, 0.1) is 11.3 Å². The van der Waals surface area contributed by atoms with Crippen LogP contribution < -0.4 is 29.0 Å². The van der Waals surface area contributed by atoms with Gasteiger partial charge in [-0.2, -0.15) is 21.6 Å². The molecule has 1 atom stereocenters. The summed E-state index contributed by atoms with van der Waals surface area (Å²) in [6.07, 6.45) is 2.20. The maximum Gasteiger partial charge on any atom is 0.534 e. The summed E-state index contributed by atoms with van der Waals surface area (Å²) in [6, 6.07) is 18.8. The molecule has 43 heavy (non-hydrogen) atoms. The highest BCUT2D eigenvalue weighted by Crippen LogP contribution is 2.55. The molecule has 0 heterocycles. The minimum atomic E-state index is -6.05. The Morgan fingerprint density at radius 3 is 1.70 bits per heavy atom. The summed E-state index contributed by atoms with van der Waals surface area (Å²) < 4.78 is 95.2. The van der Waals surface area contributed by atoms with Crippen molar-refractivity contribution in [3.05, 3.63) is 77.9 Å². The molecule has 1 aliphatic carbocycles. The molecule has 0 saturated carbocycles. The lowest BCUT2D eigenvalue weighted by Gasteiger charge is -2.27. The van der Waals surface area contributed by atoms with Crippen LogP contribution in [0.4, 0.5) is 13.2 Å². The summed E-state index contributed by atoms with van der Waals surface area (Å²) in [5.41, 5.74) is -5.71. The Morgan fingerprint density at radius 2 is 1.26 bits per heavy atom. The van der Waals surface area contributed by atoms with E-state index in [0.717, 1.165) is 10.4 Å². The quantitative estimate of drug-likeness (QED) is 0.176. The van der Waals surface area contributed by atoms with Crippen LogP contribution >= 0.6 is 0 Å². The highest BCUT2D eigenvalue weighted by Gasteiger charge is 2.50. The van der Waals surface area contributed by atoms with Crippen LogP contribution in [0.1, 0.15) is 38.3 Å². The van der Waals surface area contributed by atoms with Crippen LogP contribution in [0.3, 0.4) is 0 Å². The largest absolute Gasteiger partial charge is 0.534 e. The standard InChI is InChI=1S/C31H35F3O7SSi/c1-30(2,3)20-17-18-23-25(24(19-20)40-42(35,36)31(32,33)34)27(29(39-6)28(38-5)26(23)37-4)41-43(21-13-9-7-10-14-21)22-15-11-8-12-16-22/h7-16,19-20,43H,17-18H2,1-6H3. The summed E-state index contributed by atoms with van der Waals surface area (Å²) in [6.45, 7) is 5.76. The van der Waals surface area contributed by atoms with Crippen molar-refractivity contribution in [2.24, 2.45) is 11.3 Å². The zero-order valence-corrected chi connectivity index (χ0v) is 26.8. The van der Waals surface area contributed by atoms with E-state index in [1.807, 2.05) is 81.4 Å². The van der Waals surface area contributed by atoms with Crippen LogP contribution in [-0.4, -0.2) is 44.3 Å². The molecular weight excluding hydrogens is 601 g/mol. The molecule has 1 aliphatic rings. The van der Waals surface area contributed by atoms with Gasteiger partial charge in [0.25, 0.3) is 9.04 Å². The monoisotopic (exact) mass is 636 g/mol. The number of ether oxygens (including phenoxy) is 3. The Bertz CT molecular complexity index is 1530. The maximum atomic E-state index is 13.7. The molecule has 3 aromatic rings. The third kappa shape index (κ3) is 6.64. The Kier molecular flexibility index (Phi) is 9.41. The lowest BCUT2D eigenvalue weighted by atomic mass is 9.78. The number of allylic oxidation sites excluding steroid dienone is 1. The Morgan fingerprint density at radius 1 is 0.767 bits per heavy atom. The molecule has 0 bridgehead atoms. The number of methoxy groups -OCH3 is 3. The van der Waals surface area contributed by atoms with Gasteiger partial charge in [0.15, 0.2) is 17.3 Å². The predicted octanol–water partition coefficient (Wildman–Crippen LogP) is 5.45. The van der Waals surface area contributed by atoms with Crippen molar-refractivity contribution in [1.82, 2.24) is 0 Å². The molecule has 1 unspecified atom stereocenters. The van der Waals surface area contributed by atoms with Crippen molar-refractivity contribution in [2.75, 3.05) is 21.3 Å². The van der Waals surface area contributed by atoms with Gasteiger partial charge in [-0.05, 0) is 40.6 Å². The second kappa shape index (κ2) is 12.5. The smallest absolute Gasteiger partial charge is 0.534 e. The van der Waals surface area contributed by atoms with E-state index >= 15 is 0 Å². The molecule has 0 aliphatic heterocycles. The molecular formula is C31H35F3O7SSi. The number of fused-ring (bicyclic) bond motifs is 1. The summed E-state index contributed by atoms with van der Waals surface area (Å²) in [4.78, 5) is 0. The summed E-state index contributed by atoms with van der Waals surface area (Å²) in [7, 11) is -4.52. The highest BCUT2D eigenvalue weighted by atomic mass is 32.2. The van der Waals surface area contributed by atoms with Crippen LogP contribution in [0.15, 0.2) is 66.7 Å². The van der Waals surface area contributed by atoms with E-state index in [-0.39, 0.29) is 34.5 Å². The van der Waals surface area contributed by atoms with Gasteiger partial charge < -0.3 is 22.8 Å². The molecule has 0 radical (unpaired) electrons. The number of alkyl halides is 3. The second-order valence-electron chi connectivity index (χ2n) is 11.1. The SMILES string of the molecule is COc1c2c(c(O[SiH](c3ccccc3)c3ccccc3)c(OC)c1OC)C(OS(=O)(=O)C(F)(F)F)=CC(C(C)(C)C)CC2. The molecule has 0 amide bonds. The van der Waals surface area contributed by atoms with Gasteiger partial charge in [0, 0.05) is 5.56 Å². The fourth-order valence-corrected chi connectivity index (χ4v) is 7.91. The maximum absolute atomic E-state index is 13.7. The topological polar surface area (TPSA) is 80.3 Å². The van der Waals surface area contributed by atoms with Gasteiger partial charge >= 0.3 is 15.6 Å². The predicted molar refractivity (Wildman–Crippen MR) is 161 cm³/mol. The van der Waals surface area contributed by atoms with E-state index < -0.39 is 35.8 Å². The first-order valence-corrected chi connectivity index (χ1v) is 16.6. The van der Waals surface area contributed by atoms with Gasteiger partial charge in [-0.3, -0.25) is 0 Å². The van der Waals surface area contributed by atoms with Crippen LogP contribution in [-0.2, 0) is 20.7 Å². The molecule has 4 rings (SSSR count). The fourth-order valence-electron chi connectivity index (χ4n) is 5.17. The van der Waals surface area contributed by atoms with Crippen molar-refractivity contribution in [1.29, 1.82) is 0 Å². The van der Waals surface area contributed by atoms with E-state index in [1.165, 1.54) is 27.4 Å². The zero-order valence-electron chi connectivity index (χ0n) is 24.8. The molecule has 0 saturated heterocycles. The van der Waals surface area contributed by atoms with E-state index in [0.29, 0.717) is 18.4 Å². The van der Waals surface area contributed by atoms with Crippen molar-refractivity contribution < 1.29 is 44.4 Å². The minimum Gasteiger partial charge on any atom is -0.534 e. The molecule has 232 valence electrons. The van der Waals surface area contributed by atoms with Crippen LogP contribution in [0.5, 0.6) is 23.0 Å². The second-order valence-corrected chi connectivity index (χ2v) is 15.0. The van der Waals surface area contributed by atoms with Crippen molar-refractivity contribution in [3.63, 3.8) is 0 Å². The first-order valence-electron chi connectivity index (χ1n) is 13.6. The molecule has 7 nitrogen and oxygen atoms in total. The number of halogens is 3. The Labute approximate surface area is 252 Å². The van der Waals surface area contributed by atoms with Crippen molar-refractivity contribution in [3.8, 4) is 23.0 Å². The Balaban J connectivity index is 2.09. The first kappa shape index (κ1) is 32.3. The van der Waals surface area contributed by atoms with E-state index in [1.54, 1.807) is 0 Å². The molecule has 0 aromatic heterocycles. The van der Waals surface area contributed by atoms with Gasteiger partial charge in [0.2, 0.25) is 11.5 Å². The molecule has 0 fully saturated rings. The van der Waals surface area contributed by atoms with E-state index in [2.05, 4.69) is 0 Å². The molecule has 0 N–H and O–H groups in total. The highest BCUT2D eigenvalue weighted by molar-refractivity contribution is 7.87. The lowest BCUT2D eigenvalue weighted by Crippen LogP contribution is -2.47. The van der Waals surface area contributed by atoms with Crippen molar-refractivity contribution >= 4 is 35.3 Å². The number of hydrogen-bond acceptors (Lipinski definition) is 7. The van der Waals surface area contributed by atoms with E-state index in [4.69, 9.17) is 22.8 Å². The molecule has 12 heteroatoms. The fraction of sp³-hybridized carbons (Fsp3) is 0.355. The van der Waals surface area contributed by atoms with Crippen LogP contribution in [0.25, 0.3) is 5.76 Å². The summed E-state index contributed by atoms with van der Waals surface area (Å²) >= 11 is 0. The van der Waals surface area contributed by atoms with Gasteiger partial charge in [-0.1, -0.05) is 81.4 Å². The van der Waals surface area contributed by atoms with E-state index in [9.17, 15) is 21.6 Å². The van der Waals surface area contributed by atoms with Crippen molar-refractivity contribution in [2.45, 2.75) is 39.1 Å².